The molecule has 0 radical (unpaired) electrons. The van der Waals surface area contributed by atoms with Gasteiger partial charge in [0.05, 0.1) is 16.8 Å². The van der Waals surface area contributed by atoms with E-state index >= 15 is 0 Å². The number of hydrogen-bond donors (Lipinski definition) is 0. The Labute approximate surface area is 145 Å². The average Bonchev–Trinajstić information content (AvgIpc) is 2.55. The molecular formula is C19H16N2O3S. The van der Waals surface area contributed by atoms with Crippen molar-refractivity contribution in [2.75, 3.05) is 12.5 Å². The van der Waals surface area contributed by atoms with Crippen LogP contribution in [0.15, 0.2) is 51.6 Å². The lowest BCUT2D eigenvalue weighted by atomic mass is 9.83. The zero-order valence-electron chi connectivity index (χ0n) is 14.1. The van der Waals surface area contributed by atoms with Gasteiger partial charge in [-0.2, -0.15) is 4.36 Å². The highest BCUT2D eigenvalue weighted by molar-refractivity contribution is 7.92. The molecule has 25 heavy (non-hydrogen) atoms. The molecule has 0 saturated carbocycles. The Bertz CT molecular complexity index is 1250. The van der Waals surface area contributed by atoms with Gasteiger partial charge in [-0.3, -0.25) is 9.59 Å². The molecule has 5 nitrogen and oxygen atoms in total. The summed E-state index contributed by atoms with van der Waals surface area (Å²) in [4.78, 5) is 25.5. The number of rotatable bonds is 1. The number of carbonyl (C=O) groups excluding carboxylic acids is 1. The standard InChI is InChI=1S/C19H16N2O3S/c1-21-15-9-8-14(20-25(2,3)24)18-17(15)13(10-16(21)22)11-6-4-5-7-12(11)19(18)23/h4-10H,1-3H3. The topological polar surface area (TPSA) is 68.5 Å². The molecule has 0 amide bonds. The largest absolute Gasteiger partial charge is 0.311 e. The van der Waals surface area contributed by atoms with Crippen LogP contribution in [0.5, 0.6) is 0 Å². The smallest absolute Gasteiger partial charge is 0.251 e. The molecule has 0 bridgehead atoms. The van der Waals surface area contributed by atoms with E-state index in [2.05, 4.69) is 4.36 Å². The van der Waals surface area contributed by atoms with Crippen LogP contribution in [0, 0.1) is 0 Å². The average molecular weight is 352 g/mol. The van der Waals surface area contributed by atoms with Crippen molar-refractivity contribution in [1.82, 2.24) is 4.57 Å². The Kier molecular flexibility index (Phi) is 3.24. The van der Waals surface area contributed by atoms with Gasteiger partial charge in [0.1, 0.15) is 0 Å². The second-order valence-electron chi connectivity index (χ2n) is 6.46. The van der Waals surface area contributed by atoms with Gasteiger partial charge in [0.2, 0.25) is 0 Å². The van der Waals surface area contributed by atoms with Crippen LogP contribution < -0.4 is 5.56 Å². The van der Waals surface area contributed by atoms with Crippen LogP contribution in [0.3, 0.4) is 0 Å². The van der Waals surface area contributed by atoms with Crippen molar-refractivity contribution in [2.24, 2.45) is 11.4 Å². The molecule has 0 atom stereocenters. The van der Waals surface area contributed by atoms with Crippen LogP contribution in [0.4, 0.5) is 5.69 Å². The van der Waals surface area contributed by atoms with E-state index in [1.165, 1.54) is 17.1 Å². The Morgan fingerprint density at radius 1 is 0.960 bits per heavy atom. The van der Waals surface area contributed by atoms with Crippen LogP contribution in [0.25, 0.3) is 22.0 Å². The fraction of sp³-hybridized carbons (Fsp3) is 0.158. The molecule has 6 heteroatoms. The van der Waals surface area contributed by atoms with Crippen molar-refractivity contribution >= 4 is 32.1 Å². The molecule has 4 rings (SSSR count). The number of pyridine rings is 1. The zero-order chi connectivity index (χ0) is 17.9. The van der Waals surface area contributed by atoms with Crippen LogP contribution >= 0.6 is 0 Å². The molecule has 1 heterocycles. The molecule has 3 aromatic rings. The van der Waals surface area contributed by atoms with Crippen molar-refractivity contribution in [3.05, 3.63) is 63.9 Å². The van der Waals surface area contributed by atoms with E-state index in [-0.39, 0.29) is 11.3 Å². The van der Waals surface area contributed by atoms with Gasteiger partial charge < -0.3 is 4.57 Å². The summed E-state index contributed by atoms with van der Waals surface area (Å²) in [5, 5.41) is 0.690. The number of aryl methyl sites for hydroxylation is 1. The van der Waals surface area contributed by atoms with E-state index < -0.39 is 9.73 Å². The highest BCUT2D eigenvalue weighted by Gasteiger charge is 2.29. The molecule has 1 aliphatic carbocycles. The molecule has 126 valence electrons. The first kappa shape index (κ1) is 15.8. The number of hydrogen-bond acceptors (Lipinski definition) is 4. The maximum absolute atomic E-state index is 13.2. The van der Waals surface area contributed by atoms with Gasteiger partial charge in [0, 0.05) is 46.3 Å². The summed E-state index contributed by atoms with van der Waals surface area (Å²) in [6, 6.07) is 12.2. The Hall–Kier alpha value is -2.73. The maximum Gasteiger partial charge on any atom is 0.251 e. The molecular weight excluding hydrogens is 336 g/mol. The minimum absolute atomic E-state index is 0.142. The Morgan fingerprint density at radius 2 is 1.64 bits per heavy atom. The van der Waals surface area contributed by atoms with Gasteiger partial charge >= 0.3 is 0 Å². The van der Waals surface area contributed by atoms with Gasteiger partial charge in [-0.1, -0.05) is 24.3 Å². The number of fused-ring (bicyclic) bond motifs is 2. The van der Waals surface area contributed by atoms with Gasteiger partial charge in [-0.25, -0.2) is 4.21 Å². The molecule has 2 aromatic carbocycles. The van der Waals surface area contributed by atoms with E-state index in [4.69, 9.17) is 0 Å². The van der Waals surface area contributed by atoms with Crippen LogP contribution in [-0.2, 0) is 16.8 Å². The first-order valence-corrected chi connectivity index (χ1v) is 10.1. The molecule has 0 spiro atoms. The van der Waals surface area contributed by atoms with Crippen molar-refractivity contribution in [1.29, 1.82) is 0 Å². The third-order valence-corrected chi connectivity index (χ3v) is 5.03. The SMILES string of the molecule is Cn1c(=O)cc2c3c(c(N=S(C)(C)=O)ccc31)C(=O)c1ccccc1-2. The van der Waals surface area contributed by atoms with Crippen molar-refractivity contribution in [3.63, 3.8) is 0 Å². The molecule has 1 aromatic heterocycles. The predicted octanol–water partition coefficient (Wildman–Crippen LogP) is 3.11. The third-order valence-electron chi connectivity index (χ3n) is 4.40. The summed E-state index contributed by atoms with van der Waals surface area (Å²) < 4.78 is 18.0. The number of carbonyl (C=O) groups is 1. The first-order valence-electron chi connectivity index (χ1n) is 7.76. The third kappa shape index (κ3) is 2.33. The van der Waals surface area contributed by atoms with Crippen LogP contribution in [-0.4, -0.2) is 27.1 Å². The van der Waals surface area contributed by atoms with Crippen molar-refractivity contribution in [2.45, 2.75) is 0 Å². The number of nitrogens with zero attached hydrogens (tertiary/aromatic N) is 2. The molecule has 0 saturated heterocycles. The van der Waals surface area contributed by atoms with Crippen LogP contribution in [0.1, 0.15) is 15.9 Å². The molecule has 0 aliphatic heterocycles. The summed E-state index contributed by atoms with van der Waals surface area (Å²) in [7, 11) is -0.756. The summed E-state index contributed by atoms with van der Waals surface area (Å²) in [6.07, 6.45) is 3.07. The number of benzene rings is 2. The fourth-order valence-electron chi connectivity index (χ4n) is 3.35. The minimum Gasteiger partial charge on any atom is -0.311 e. The van der Waals surface area contributed by atoms with Crippen molar-refractivity contribution < 1.29 is 9.00 Å². The summed E-state index contributed by atoms with van der Waals surface area (Å²) in [6.45, 7) is 0. The fourth-order valence-corrected chi connectivity index (χ4v) is 3.98. The van der Waals surface area contributed by atoms with Gasteiger partial charge in [0.15, 0.2) is 5.78 Å². The maximum atomic E-state index is 13.2. The lowest BCUT2D eigenvalue weighted by Crippen LogP contribution is -2.20. The van der Waals surface area contributed by atoms with Crippen molar-refractivity contribution in [3.8, 4) is 11.1 Å². The zero-order valence-corrected chi connectivity index (χ0v) is 14.9. The molecule has 0 fully saturated rings. The Balaban J connectivity index is 2.29. The summed E-state index contributed by atoms with van der Waals surface area (Å²) in [5.41, 5.74) is 3.34. The van der Waals surface area contributed by atoms with Gasteiger partial charge in [-0.15, -0.1) is 0 Å². The summed E-state index contributed by atoms with van der Waals surface area (Å²) in [5.74, 6) is -0.158. The quantitative estimate of drug-likeness (QED) is 0.528. The second-order valence-corrected chi connectivity index (χ2v) is 9.00. The number of ketones is 1. The molecule has 1 aliphatic rings. The normalized spacial score (nSPS) is 13.0. The predicted molar refractivity (Wildman–Crippen MR) is 100 cm³/mol. The monoisotopic (exact) mass is 352 g/mol. The lowest BCUT2D eigenvalue weighted by Gasteiger charge is -2.22. The minimum atomic E-state index is -2.43. The van der Waals surface area contributed by atoms with Gasteiger partial charge in [0.25, 0.3) is 5.56 Å². The van der Waals surface area contributed by atoms with E-state index in [1.807, 2.05) is 12.1 Å². The van der Waals surface area contributed by atoms with E-state index in [9.17, 15) is 13.8 Å². The van der Waals surface area contributed by atoms with Gasteiger partial charge in [-0.05, 0) is 23.3 Å². The van der Waals surface area contributed by atoms with E-state index in [0.717, 1.165) is 11.1 Å². The second kappa shape index (κ2) is 5.13. The first-order chi connectivity index (χ1) is 11.8. The molecule has 0 unspecified atom stereocenters. The summed E-state index contributed by atoms with van der Waals surface area (Å²) >= 11 is 0. The number of aromatic nitrogens is 1. The van der Waals surface area contributed by atoms with E-state index in [0.29, 0.717) is 27.7 Å². The molecule has 0 N–H and O–H groups in total. The highest BCUT2D eigenvalue weighted by Crippen LogP contribution is 2.42. The highest BCUT2D eigenvalue weighted by atomic mass is 32.2. The lowest BCUT2D eigenvalue weighted by molar-refractivity contribution is 0.104. The van der Waals surface area contributed by atoms with Crippen LogP contribution in [0.2, 0.25) is 0 Å². The van der Waals surface area contributed by atoms with E-state index in [1.54, 1.807) is 37.4 Å². The Morgan fingerprint density at radius 3 is 2.32 bits per heavy atom.